The van der Waals surface area contributed by atoms with E-state index in [9.17, 15) is 4.79 Å². The van der Waals surface area contributed by atoms with Crippen LogP contribution in [0.25, 0.3) is 6.08 Å². The number of carbonyl (C=O) groups excluding carboxylic acids is 1. The summed E-state index contributed by atoms with van der Waals surface area (Å²) in [6.07, 6.45) is 1.72. The maximum atomic E-state index is 13.1. The summed E-state index contributed by atoms with van der Waals surface area (Å²) in [5.41, 5.74) is 1.77. The molecule has 1 heterocycles. The van der Waals surface area contributed by atoms with Gasteiger partial charge >= 0.3 is 0 Å². The van der Waals surface area contributed by atoms with E-state index in [1.54, 1.807) is 24.1 Å². The van der Waals surface area contributed by atoms with Crippen molar-refractivity contribution in [1.29, 1.82) is 0 Å². The minimum absolute atomic E-state index is 0.227. The second-order valence-corrected chi connectivity index (χ2v) is 7.64. The van der Waals surface area contributed by atoms with Crippen LogP contribution in [0.5, 0.6) is 11.5 Å². The van der Waals surface area contributed by atoms with Gasteiger partial charge in [0.15, 0.2) is 5.11 Å². The Bertz CT molecular complexity index is 963. The molecule has 28 heavy (non-hydrogen) atoms. The van der Waals surface area contributed by atoms with Crippen LogP contribution in [0.1, 0.15) is 12.5 Å². The number of rotatable bonds is 5. The highest BCUT2D eigenvalue weighted by atomic mass is 79.9. The van der Waals surface area contributed by atoms with Crippen molar-refractivity contribution >= 4 is 62.5 Å². The van der Waals surface area contributed by atoms with Gasteiger partial charge in [0, 0.05) is 17.1 Å². The minimum atomic E-state index is -0.227. The van der Waals surface area contributed by atoms with Gasteiger partial charge in [-0.3, -0.25) is 9.69 Å². The zero-order valence-corrected chi connectivity index (χ0v) is 18.7. The van der Waals surface area contributed by atoms with Crippen LogP contribution in [0, 0.1) is 0 Å². The molecule has 2 aromatic rings. The first-order valence-electron chi connectivity index (χ1n) is 8.47. The predicted octanol–water partition coefficient (Wildman–Crippen LogP) is 5.11. The van der Waals surface area contributed by atoms with Crippen molar-refractivity contribution in [2.45, 2.75) is 6.92 Å². The highest BCUT2D eigenvalue weighted by Gasteiger charge is 2.37. The van der Waals surface area contributed by atoms with Crippen molar-refractivity contribution in [2.75, 3.05) is 25.7 Å². The standard InChI is InChI=1S/C20H18BrClN2O3S/c1-4-27-15-7-5-14(6-8-15)24-19(25)17(23(2)20(24)28)10-12-9-13(21)11-16(22)18(12)26-3/h5-11H,4H2,1-3H3/b17-10-. The highest BCUT2D eigenvalue weighted by molar-refractivity contribution is 9.10. The van der Waals surface area contributed by atoms with Crippen LogP contribution in [0.2, 0.25) is 5.02 Å². The zero-order chi connectivity index (χ0) is 20.4. The van der Waals surface area contributed by atoms with Crippen molar-refractivity contribution < 1.29 is 14.3 Å². The maximum absolute atomic E-state index is 13.1. The molecule has 1 saturated heterocycles. The maximum Gasteiger partial charge on any atom is 0.281 e. The van der Waals surface area contributed by atoms with E-state index in [1.165, 1.54) is 12.0 Å². The van der Waals surface area contributed by atoms with Crippen molar-refractivity contribution in [1.82, 2.24) is 4.90 Å². The fourth-order valence-electron chi connectivity index (χ4n) is 2.89. The fraction of sp³-hybridized carbons (Fsp3) is 0.200. The van der Waals surface area contributed by atoms with Gasteiger partial charge in [-0.15, -0.1) is 0 Å². The van der Waals surface area contributed by atoms with Crippen molar-refractivity contribution in [3.63, 3.8) is 0 Å². The van der Waals surface area contributed by atoms with E-state index in [4.69, 9.17) is 33.3 Å². The second kappa shape index (κ2) is 8.51. The summed E-state index contributed by atoms with van der Waals surface area (Å²) in [5.74, 6) is 1.00. The normalized spacial score (nSPS) is 15.5. The molecule has 2 aromatic carbocycles. The Morgan fingerprint density at radius 2 is 1.93 bits per heavy atom. The Morgan fingerprint density at radius 1 is 1.25 bits per heavy atom. The first-order chi connectivity index (χ1) is 13.4. The number of thiocarbonyl (C=S) groups is 1. The summed E-state index contributed by atoms with van der Waals surface area (Å²) in [6, 6.07) is 10.8. The van der Waals surface area contributed by atoms with Gasteiger partial charge in [-0.05, 0) is 61.6 Å². The molecule has 1 fully saturated rings. The van der Waals surface area contributed by atoms with E-state index < -0.39 is 0 Å². The van der Waals surface area contributed by atoms with Crippen molar-refractivity contribution in [3.05, 3.63) is 57.2 Å². The summed E-state index contributed by atoms with van der Waals surface area (Å²) >= 11 is 15.2. The summed E-state index contributed by atoms with van der Waals surface area (Å²) in [4.78, 5) is 16.3. The van der Waals surface area contributed by atoms with Crippen LogP contribution in [0.4, 0.5) is 5.69 Å². The molecule has 0 spiro atoms. The number of benzene rings is 2. The first-order valence-corrected chi connectivity index (χ1v) is 10.0. The smallest absolute Gasteiger partial charge is 0.281 e. The number of halogens is 2. The Kier molecular flexibility index (Phi) is 6.27. The van der Waals surface area contributed by atoms with E-state index in [0.29, 0.717) is 39.4 Å². The topological polar surface area (TPSA) is 42.0 Å². The zero-order valence-electron chi connectivity index (χ0n) is 15.5. The molecule has 5 nitrogen and oxygen atoms in total. The quantitative estimate of drug-likeness (QED) is 0.438. The molecule has 146 valence electrons. The number of nitrogens with zero attached hydrogens (tertiary/aromatic N) is 2. The molecule has 0 unspecified atom stereocenters. The van der Waals surface area contributed by atoms with E-state index in [-0.39, 0.29) is 5.91 Å². The fourth-order valence-corrected chi connectivity index (χ4v) is 4.09. The van der Waals surface area contributed by atoms with Gasteiger partial charge < -0.3 is 14.4 Å². The van der Waals surface area contributed by atoms with E-state index in [2.05, 4.69) is 15.9 Å². The molecule has 0 saturated carbocycles. The molecule has 0 aliphatic carbocycles. The van der Waals surface area contributed by atoms with Crippen LogP contribution < -0.4 is 14.4 Å². The largest absolute Gasteiger partial charge is 0.495 e. The van der Waals surface area contributed by atoms with Gasteiger partial charge in [0.25, 0.3) is 5.91 Å². The van der Waals surface area contributed by atoms with E-state index in [0.717, 1.165) is 10.2 Å². The molecule has 1 aliphatic heterocycles. The lowest BCUT2D eigenvalue weighted by Crippen LogP contribution is -2.31. The lowest BCUT2D eigenvalue weighted by Gasteiger charge is -2.16. The second-order valence-electron chi connectivity index (χ2n) is 5.95. The molecule has 8 heteroatoms. The van der Waals surface area contributed by atoms with Gasteiger partial charge in [0.1, 0.15) is 17.2 Å². The molecular weight excluding hydrogens is 464 g/mol. The number of hydrogen-bond donors (Lipinski definition) is 0. The predicted molar refractivity (Wildman–Crippen MR) is 119 cm³/mol. The van der Waals surface area contributed by atoms with Crippen LogP contribution in [0.15, 0.2) is 46.6 Å². The Balaban J connectivity index is 2.00. The van der Waals surface area contributed by atoms with Crippen LogP contribution in [-0.2, 0) is 4.79 Å². The molecule has 0 atom stereocenters. The first kappa shape index (κ1) is 20.6. The Morgan fingerprint density at radius 3 is 2.54 bits per heavy atom. The average molecular weight is 482 g/mol. The molecular formula is C20H18BrClN2O3S. The monoisotopic (exact) mass is 480 g/mol. The SMILES string of the molecule is CCOc1ccc(N2C(=O)/C(=C/c3cc(Br)cc(Cl)c3OC)N(C)C2=S)cc1. The minimum Gasteiger partial charge on any atom is -0.495 e. The van der Waals surface area contributed by atoms with Crippen LogP contribution in [0.3, 0.4) is 0 Å². The Hall–Kier alpha value is -2.09. The van der Waals surface area contributed by atoms with Gasteiger partial charge in [0.05, 0.1) is 24.4 Å². The van der Waals surface area contributed by atoms with Gasteiger partial charge in [0.2, 0.25) is 0 Å². The lowest BCUT2D eigenvalue weighted by atomic mass is 10.1. The third kappa shape index (κ3) is 3.87. The molecule has 1 amide bonds. The van der Waals surface area contributed by atoms with Gasteiger partial charge in [-0.25, -0.2) is 0 Å². The molecule has 0 aromatic heterocycles. The Labute approximate surface area is 182 Å². The molecule has 0 radical (unpaired) electrons. The number of hydrogen-bond acceptors (Lipinski definition) is 4. The van der Waals surface area contributed by atoms with Gasteiger partial charge in [-0.1, -0.05) is 27.5 Å². The molecule has 3 rings (SSSR count). The summed E-state index contributed by atoms with van der Waals surface area (Å²) < 4.78 is 11.6. The van der Waals surface area contributed by atoms with Crippen LogP contribution >= 0.6 is 39.7 Å². The van der Waals surface area contributed by atoms with E-state index in [1.807, 2.05) is 37.3 Å². The summed E-state index contributed by atoms with van der Waals surface area (Å²) in [7, 11) is 3.29. The average Bonchev–Trinajstić information content (AvgIpc) is 2.86. The lowest BCUT2D eigenvalue weighted by molar-refractivity contribution is -0.114. The van der Waals surface area contributed by atoms with Crippen molar-refractivity contribution in [3.8, 4) is 11.5 Å². The molecule has 1 aliphatic rings. The number of ether oxygens (including phenoxy) is 2. The third-order valence-corrected chi connectivity index (χ3v) is 5.40. The number of carbonyl (C=O) groups is 1. The highest BCUT2D eigenvalue weighted by Crippen LogP contribution is 2.36. The van der Waals surface area contributed by atoms with E-state index >= 15 is 0 Å². The molecule has 0 bridgehead atoms. The number of methoxy groups -OCH3 is 1. The van der Waals surface area contributed by atoms with Crippen molar-refractivity contribution in [2.24, 2.45) is 0 Å². The number of likely N-dealkylation sites (N-methyl/N-ethyl adjacent to an activating group) is 1. The number of anilines is 1. The van der Waals surface area contributed by atoms with Crippen LogP contribution in [-0.4, -0.2) is 36.7 Å². The third-order valence-electron chi connectivity index (χ3n) is 4.20. The summed E-state index contributed by atoms with van der Waals surface area (Å²) in [6.45, 7) is 2.49. The molecule has 0 N–H and O–H groups in total. The number of amides is 1. The van der Waals surface area contributed by atoms with Gasteiger partial charge in [-0.2, -0.15) is 0 Å². The summed E-state index contributed by atoms with van der Waals surface area (Å²) in [5, 5.41) is 0.836.